The first-order valence-corrected chi connectivity index (χ1v) is 9.90. The second kappa shape index (κ2) is 5.80. The fourth-order valence-electron chi connectivity index (χ4n) is 6.28. The molecule has 1 saturated heterocycles. The van der Waals surface area contributed by atoms with Crippen molar-refractivity contribution >= 4 is 0 Å². The molecule has 3 rings (SSSR count). The Morgan fingerprint density at radius 2 is 1.14 bits per heavy atom. The predicted molar refractivity (Wildman–Crippen MR) is 95.9 cm³/mol. The standard InChI is InChI=1S/C21H39N/c1-20(2,3)17-9-11-18(12-10-17)22-13-15-7-8-16(14-22)19(15)21(4,5)6/h15-19H,7-14H2,1-6H3. The van der Waals surface area contributed by atoms with Crippen LogP contribution in [0.25, 0.3) is 0 Å². The molecule has 1 heterocycles. The summed E-state index contributed by atoms with van der Waals surface area (Å²) in [4.78, 5) is 2.92. The Balaban J connectivity index is 1.59. The molecule has 3 aliphatic rings. The van der Waals surface area contributed by atoms with E-state index in [0.29, 0.717) is 10.8 Å². The van der Waals surface area contributed by atoms with E-state index in [1.807, 2.05) is 0 Å². The van der Waals surface area contributed by atoms with Crippen LogP contribution in [0.5, 0.6) is 0 Å². The summed E-state index contributed by atoms with van der Waals surface area (Å²) in [5.74, 6) is 3.90. The number of likely N-dealkylation sites (tertiary alicyclic amines) is 1. The van der Waals surface area contributed by atoms with Gasteiger partial charge in [0.2, 0.25) is 0 Å². The van der Waals surface area contributed by atoms with Crippen LogP contribution in [0.4, 0.5) is 0 Å². The maximum Gasteiger partial charge on any atom is 0.00957 e. The lowest BCUT2D eigenvalue weighted by atomic mass is 9.67. The topological polar surface area (TPSA) is 3.24 Å². The van der Waals surface area contributed by atoms with Gasteiger partial charge >= 0.3 is 0 Å². The van der Waals surface area contributed by atoms with Crippen molar-refractivity contribution in [3.8, 4) is 0 Å². The molecule has 0 aromatic carbocycles. The van der Waals surface area contributed by atoms with Gasteiger partial charge < -0.3 is 0 Å². The van der Waals surface area contributed by atoms with Gasteiger partial charge in [-0.25, -0.2) is 0 Å². The van der Waals surface area contributed by atoms with Crippen LogP contribution >= 0.6 is 0 Å². The minimum absolute atomic E-state index is 0.516. The summed E-state index contributed by atoms with van der Waals surface area (Å²) in [7, 11) is 0. The summed E-state index contributed by atoms with van der Waals surface area (Å²) in [5.41, 5.74) is 1.03. The van der Waals surface area contributed by atoms with E-state index in [1.54, 1.807) is 0 Å². The molecular weight excluding hydrogens is 266 g/mol. The molecule has 2 bridgehead atoms. The zero-order chi connectivity index (χ0) is 16.1. The first-order chi connectivity index (χ1) is 10.2. The van der Waals surface area contributed by atoms with Crippen molar-refractivity contribution in [3.63, 3.8) is 0 Å². The number of hydrogen-bond acceptors (Lipinski definition) is 1. The van der Waals surface area contributed by atoms with E-state index in [9.17, 15) is 0 Å². The van der Waals surface area contributed by atoms with Crippen molar-refractivity contribution in [2.75, 3.05) is 13.1 Å². The average molecular weight is 306 g/mol. The molecule has 128 valence electrons. The van der Waals surface area contributed by atoms with Crippen LogP contribution in [0.15, 0.2) is 0 Å². The van der Waals surface area contributed by atoms with Gasteiger partial charge in [0.1, 0.15) is 0 Å². The van der Waals surface area contributed by atoms with Crippen LogP contribution in [0, 0.1) is 34.5 Å². The molecule has 2 unspecified atom stereocenters. The van der Waals surface area contributed by atoms with E-state index in [-0.39, 0.29) is 0 Å². The summed E-state index contributed by atoms with van der Waals surface area (Å²) >= 11 is 0. The SMILES string of the molecule is CC(C)(C)C1CCC(N2CC3CCC(C2)C3C(C)(C)C)CC1. The average Bonchev–Trinajstić information content (AvgIpc) is 2.70. The maximum absolute atomic E-state index is 2.92. The molecule has 0 amide bonds. The summed E-state index contributed by atoms with van der Waals surface area (Å²) in [5, 5.41) is 0. The van der Waals surface area contributed by atoms with Crippen molar-refractivity contribution in [3.05, 3.63) is 0 Å². The zero-order valence-electron chi connectivity index (χ0n) is 16.0. The quantitative estimate of drug-likeness (QED) is 0.610. The van der Waals surface area contributed by atoms with Crippen molar-refractivity contribution in [1.82, 2.24) is 4.90 Å². The van der Waals surface area contributed by atoms with Crippen molar-refractivity contribution < 1.29 is 0 Å². The van der Waals surface area contributed by atoms with E-state index in [0.717, 1.165) is 29.7 Å². The van der Waals surface area contributed by atoms with E-state index in [4.69, 9.17) is 0 Å². The van der Waals surface area contributed by atoms with E-state index < -0.39 is 0 Å². The molecule has 0 spiro atoms. The second-order valence-corrected chi connectivity index (χ2v) is 10.8. The Labute approximate surface area is 139 Å². The summed E-state index contributed by atoms with van der Waals surface area (Å²) in [6.45, 7) is 17.6. The molecule has 1 nitrogen and oxygen atoms in total. The Morgan fingerprint density at radius 1 is 0.636 bits per heavy atom. The van der Waals surface area contributed by atoms with E-state index >= 15 is 0 Å². The van der Waals surface area contributed by atoms with Gasteiger partial charge in [-0.3, -0.25) is 4.90 Å². The van der Waals surface area contributed by atoms with E-state index in [1.165, 1.54) is 51.6 Å². The minimum Gasteiger partial charge on any atom is -0.300 e. The molecule has 2 aliphatic carbocycles. The minimum atomic E-state index is 0.516. The Bertz CT molecular complexity index is 364. The molecule has 0 radical (unpaired) electrons. The smallest absolute Gasteiger partial charge is 0.00957 e. The van der Waals surface area contributed by atoms with Gasteiger partial charge in [0.15, 0.2) is 0 Å². The van der Waals surface area contributed by atoms with Gasteiger partial charge in [0, 0.05) is 19.1 Å². The van der Waals surface area contributed by atoms with Gasteiger partial charge in [0.25, 0.3) is 0 Å². The van der Waals surface area contributed by atoms with Gasteiger partial charge in [-0.15, -0.1) is 0 Å². The van der Waals surface area contributed by atoms with Gasteiger partial charge in [-0.1, -0.05) is 41.5 Å². The fourth-order valence-corrected chi connectivity index (χ4v) is 6.28. The third-order valence-corrected chi connectivity index (χ3v) is 7.30. The third-order valence-electron chi connectivity index (χ3n) is 7.30. The number of piperidine rings is 1. The monoisotopic (exact) mass is 305 g/mol. The van der Waals surface area contributed by atoms with Gasteiger partial charge in [0.05, 0.1) is 0 Å². The van der Waals surface area contributed by atoms with Crippen molar-refractivity contribution in [1.29, 1.82) is 0 Å². The van der Waals surface area contributed by atoms with Crippen molar-refractivity contribution in [2.45, 2.75) is 86.1 Å². The molecule has 0 aromatic heterocycles. The van der Waals surface area contributed by atoms with Crippen LogP contribution < -0.4 is 0 Å². The third kappa shape index (κ3) is 3.25. The fraction of sp³-hybridized carbons (Fsp3) is 1.00. The summed E-state index contributed by atoms with van der Waals surface area (Å²) in [6.07, 6.45) is 8.84. The Morgan fingerprint density at radius 3 is 1.55 bits per heavy atom. The summed E-state index contributed by atoms with van der Waals surface area (Å²) < 4.78 is 0. The number of rotatable bonds is 1. The normalized spacial score (nSPS) is 40.9. The van der Waals surface area contributed by atoms with Crippen LogP contribution in [0.1, 0.15) is 80.1 Å². The van der Waals surface area contributed by atoms with Crippen LogP contribution in [-0.4, -0.2) is 24.0 Å². The zero-order valence-corrected chi connectivity index (χ0v) is 16.0. The lowest BCUT2D eigenvalue weighted by molar-refractivity contribution is 0.000547. The Hall–Kier alpha value is -0.0400. The van der Waals surface area contributed by atoms with Crippen molar-refractivity contribution in [2.24, 2.45) is 34.5 Å². The van der Waals surface area contributed by atoms with Crippen LogP contribution in [0.3, 0.4) is 0 Å². The van der Waals surface area contributed by atoms with Gasteiger partial charge in [-0.2, -0.15) is 0 Å². The van der Waals surface area contributed by atoms with E-state index in [2.05, 4.69) is 46.4 Å². The molecule has 22 heavy (non-hydrogen) atoms. The van der Waals surface area contributed by atoms with Crippen LogP contribution in [0.2, 0.25) is 0 Å². The molecule has 2 saturated carbocycles. The molecule has 0 N–H and O–H groups in total. The highest BCUT2D eigenvalue weighted by atomic mass is 15.2. The molecule has 0 aromatic rings. The first kappa shape index (κ1) is 16.8. The molecule has 2 atom stereocenters. The highest BCUT2D eigenvalue weighted by Crippen LogP contribution is 2.51. The lowest BCUT2D eigenvalue weighted by Crippen LogP contribution is -2.51. The highest BCUT2D eigenvalue weighted by Gasteiger charge is 2.48. The number of nitrogens with zero attached hydrogens (tertiary/aromatic N) is 1. The molecule has 3 fully saturated rings. The molecule has 1 heteroatoms. The molecule has 1 aliphatic heterocycles. The first-order valence-electron chi connectivity index (χ1n) is 9.90. The highest BCUT2D eigenvalue weighted by molar-refractivity contribution is 4.99. The predicted octanol–water partition coefficient (Wildman–Crippen LogP) is 5.60. The second-order valence-electron chi connectivity index (χ2n) is 10.8. The van der Waals surface area contributed by atoms with Gasteiger partial charge in [-0.05, 0) is 73.0 Å². The number of fused-ring (bicyclic) bond motifs is 2. The maximum atomic E-state index is 2.92. The largest absolute Gasteiger partial charge is 0.300 e. The molecular formula is C21H39N. The number of hydrogen-bond donors (Lipinski definition) is 0. The van der Waals surface area contributed by atoms with Crippen LogP contribution in [-0.2, 0) is 0 Å². The summed E-state index contributed by atoms with van der Waals surface area (Å²) in [6, 6.07) is 0.905. The Kier molecular flexibility index (Phi) is 4.43. The lowest BCUT2D eigenvalue weighted by Gasteiger charge is -2.49.